The van der Waals surface area contributed by atoms with E-state index in [1.54, 1.807) is 0 Å². The van der Waals surface area contributed by atoms with Crippen molar-refractivity contribution in [3.05, 3.63) is 29.6 Å². The normalized spacial score (nSPS) is 13.0. The highest BCUT2D eigenvalue weighted by Gasteiger charge is 2.37. The summed E-state index contributed by atoms with van der Waals surface area (Å²) in [6.45, 7) is 1.27. The van der Waals surface area contributed by atoms with Gasteiger partial charge in [0.2, 0.25) is 0 Å². The van der Waals surface area contributed by atoms with Crippen molar-refractivity contribution in [3.8, 4) is 0 Å². The first kappa shape index (κ1) is 10.9. The molecule has 6 heteroatoms. The molecule has 0 aromatic carbocycles. The zero-order valence-electron chi connectivity index (χ0n) is 7.47. The first-order chi connectivity index (χ1) is 6.23. The second-order valence-electron chi connectivity index (χ2n) is 3.18. The average molecular weight is 205 g/mol. The van der Waals surface area contributed by atoms with Gasteiger partial charge in [0.05, 0.1) is 11.3 Å². The van der Waals surface area contributed by atoms with E-state index < -0.39 is 17.4 Å². The Hall–Kier alpha value is -1.14. The standard InChI is InChI=1S/C8H10F3N3/c1-7(12,13)6-5(8(9,10)11)3-2-4-14-6/h2-4H,12-13H2,1H3. The lowest BCUT2D eigenvalue weighted by Crippen LogP contribution is -2.45. The van der Waals surface area contributed by atoms with E-state index in [1.807, 2.05) is 0 Å². The van der Waals surface area contributed by atoms with Crippen LogP contribution in [0.1, 0.15) is 18.2 Å². The van der Waals surface area contributed by atoms with E-state index in [4.69, 9.17) is 11.5 Å². The zero-order valence-corrected chi connectivity index (χ0v) is 7.47. The number of hydrogen-bond donors (Lipinski definition) is 2. The predicted molar refractivity (Wildman–Crippen MR) is 45.0 cm³/mol. The van der Waals surface area contributed by atoms with Crippen molar-refractivity contribution in [3.63, 3.8) is 0 Å². The minimum Gasteiger partial charge on any atom is -0.309 e. The average Bonchev–Trinajstić information content (AvgIpc) is 2.01. The molecule has 1 rings (SSSR count). The minimum atomic E-state index is -4.48. The molecule has 0 saturated carbocycles. The third kappa shape index (κ3) is 2.21. The van der Waals surface area contributed by atoms with E-state index in [1.165, 1.54) is 19.2 Å². The van der Waals surface area contributed by atoms with Gasteiger partial charge in [-0.25, -0.2) is 0 Å². The molecule has 0 atom stereocenters. The molecule has 4 N–H and O–H groups in total. The van der Waals surface area contributed by atoms with E-state index in [2.05, 4.69) is 4.98 Å². The Balaban J connectivity index is 3.31. The largest absolute Gasteiger partial charge is 0.418 e. The molecule has 0 fully saturated rings. The van der Waals surface area contributed by atoms with Gasteiger partial charge in [-0.1, -0.05) is 0 Å². The molecule has 0 aliphatic carbocycles. The zero-order chi connectivity index (χ0) is 11.0. The molecule has 0 amide bonds. The van der Waals surface area contributed by atoms with Crippen molar-refractivity contribution in [2.75, 3.05) is 0 Å². The summed E-state index contributed by atoms with van der Waals surface area (Å²) in [5.74, 6) is 0. The maximum absolute atomic E-state index is 12.4. The van der Waals surface area contributed by atoms with Gasteiger partial charge in [0.1, 0.15) is 5.66 Å². The van der Waals surface area contributed by atoms with Crippen LogP contribution in [-0.4, -0.2) is 4.98 Å². The number of rotatable bonds is 1. The van der Waals surface area contributed by atoms with Gasteiger partial charge in [0.25, 0.3) is 0 Å². The van der Waals surface area contributed by atoms with E-state index in [0.29, 0.717) is 0 Å². The summed E-state index contributed by atoms with van der Waals surface area (Å²) in [4.78, 5) is 3.55. The fraction of sp³-hybridized carbons (Fsp3) is 0.375. The first-order valence-electron chi connectivity index (χ1n) is 3.83. The maximum atomic E-state index is 12.4. The third-order valence-electron chi connectivity index (χ3n) is 1.62. The number of aromatic nitrogens is 1. The summed E-state index contributed by atoms with van der Waals surface area (Å²) in [6, 6.07) is 2.10. The van der Waals surface area contributed by atoms with Crippen LogP contribution in [0.3, 0.4) is 0 Å². The van der Waals surface area contributed by atoms with Crippen LogP contribution in [-0.2, 0) is 11.8 Å². The highest BCUT2D eigenvalue weighted by molar-refractivity contribution is 5.27. The van der Waals surface area contributed by atoms with E-state index in [-0.39, 0.29) is 5.69 Å². The lowest BCUT2D eigenvalue weighted by atomic mass is 10.0. The van der Waals surface area contributed by atoms with Gasteiger partial charge in [-0.05, 0) is 19.1 Å². The Labute approximate surface area is 78.9 Å². The molecule has 0 saturated heterocycles. The van der Waals surface area contributed by atoms with Gasteiger partial charge in [-0.2, -0.15) is 13.2 Å². The SMILES string of the molecule is CC(N)(N)c1ncccc1C(F)(F)F. The van der Waals surface area contributed by atoms with Crippen LogP contribution in [0.15, 0.2) is 18.3 Å². The molecule has 3 nitrogen and oxygen atoms in total. The summed E-state index contributed by atoms with van der Waals surface area (Å²) >= 11 is 0. The van der Waals surface area contributed by atoms with Gasteiger partial charge >= 0.3 is 6.18 Å². The smallest absolute Gasteiger partial charge is 0.309 e. The monoisotopic (exact) mass is 205 g/mol. The summed E-state index contributed by atoms with van der Waals surface area (Å²) in [6.07, 6.45) is -3.26. The van der Waals surface area contributed by atoms with Crippen molar-refractivity contribution in [1.29, 1.82) is 0 Å². The molecule has 0 bridgehead atoms. The lowest BCUT2D eigenvalue weighted by Gasteiger charge is -2.22. The quantitative estimate of drug-likeness (QED) is 0.677. The lowest BCUT2D eigenvalue weighted by molar-refractivity contribution is -0.139. The van der Waals surface area contributed by atoms with Crippen molar-refractivity contribution >= 4 is 0 Å². The maximum Gasteiger partial charge on any atom is 0.418 e. The Kier molecular flexibility index (Phi) is 2.51. The molecule has 0 spiro atoms. The molecule has 1 aromatic rings. The molecule has 0 aliphatic heterocycles. The van der Waals surface area contributed by atoms with Crippen LogP contribution in [0.25, 0.3) is 0 Å². The molecule has 0 radical (unpaired) electrons. The second-order valence-corrected chi connectivity index (χ2v) is 3.18. The molecule has 78 valence electrons. The van der Waals surface area contributed by atoms with Crippen molar-refractivity contribution in [1.82, 2.24) is 4.98 Å². The summed E-state index contributed by atoms with van der Waals surface area (Å²) in [7, 11) is 0. The summed E-state index contributed by atoms with van der Waals surface area (Å²) in [5.41, 5.74) is 7.90. The van der Waals surface area contributed by atoms with Gasteiger partial charge in [0.15, 0.2) is 0 Å². The Morgan fingerprint density at radius 2 is 1.86 bits per heavy atom. The fourth-order valence-electron chi connectivity index (χ4n) is 1.06. The number of alkyl halides is 3. The molecule has 1 heterocycles. The van der Waals surface area contributed by atoms with Crippen molar-refractivity contribution in [2.45, 2.75) is 18.8 Å². The molecular formula is C8H10F3N3. The molecule has 0 unspecified atom stereocenters. The van der Waals surface area contributed by atoms with Crippen LogP contribution >= 0.6 is 0 Å². The van der Waals surface area contributed by atoms with Crippen LogP contribution in [0.4, 0.5) is 13.2 Å². The van der Waals surface area contributed by atoms with Gasteiger partial charge < -0.3 is 11.5 Å². The summed E-state index contributed by atoms with van der Waals surface area (Å²) in [5, 5.41) is 0. The number of pyridine rings is 1. The van der Waals surface area contributed by atoms with Crippen LogP contribution < -0.4 is 11.5 Å². The number of hydrogen-bond acceptors (Lipinski definition) is 3. The number of nitrogens with two attached hydrogens (primary N) is 2. The van der Waals surface area contributed by atoms with Gasteiger partial charge in [-0.3, -0.25) is 4.98 Å². The van der Waals surface area contributed by atoms with Crippen LogP contribution in [0, 0.1) is 0 Å². The van der Waals surface area contributed by atoms with Crippen LogP contribution in [0.2, 0.25) is 0 Å². The Morgan fingerprint density at radius 3 is 2.21 bits per heavy atom. The van der Waals surface area contributed by atoms with E-state index in [0.717, 1.165) is 6.07 Å². The minimum absolute atomic E-state index is 0.354. The van der Waals surface area contributed by atoms with Crippen molar-refractivity contribution < 1.29 is 13.2 Å². The number of halogens is 3. The van der Waals surface area contributed by atoms with Gasteiger partial charge in [0, 0.05) is 6.20 Å². The molecule has 14 heavy (non-hydrogen) atoms. The predicted octanol–water partition coefficient (Wildman–Crippen LogP) is 1.19. The fourth-order valence-corrected chi connectivity index (χ4v) is 1.06. The third-order valence-corrected chi connectivity index (χ3v) is 1.62. The van der Waals surface area contributed by atoms with Gasteiger partial charge in [-0.15, -0.1) is 0 Å². The number of nitrogens with zero attached hydrogens (tertiary/aromatic N) is 1. The van der Waals surface area contributed by atoms with E-state index in [9.17, 15) is 13.2 Å². The molecule has 0 aliphatic rings. The highest BCUT2D eigenvalue weighted by Crippen LogP contribution is 2.33. The topological polar surface area (TPSA) is 64.9 Å². The molecular weight excluding hydrogens is 195 g/mol. The van der Waals surface area contributed by atoms with Crippen LogP contribution in [0.5, 0.6) is 0 Å². The first-order valence-corrected chi connectivity index (χ1v) is 3.83. The van der Waals surface area contributed by atoms with Crippen molar-refractivity contribution in [2.24, 2.45) is 11.5 Å². The summed E-state index contributed by atoms with van der Waals surface area (Å²) < 4.78 is 37.3. The Morgan fingerprint density at radius 1 is 1.29 bits per heavy atom. The second kappa shape index (κ2) is 3.21. The Bertz CT molecular complexity index is 294. The highest BCUT2D eigenvalue weighted by atomic mass is 19.4. The van der Waals surface area contributed by atoms with E-state index >= 15 is 0 Å². The molecule has 1 aromatic heterocycles.